The third kappa shape index (κ3) is 1.93. The lowest BCUT2D eigenvalue weighted by Crippen LogP contribution is -2.64. The predicted molar refractivity (Wildman–Crippen MR) is 63.2 cm³/mol. The van der Waals surface area contributed by atoms with Crippen molar-refractivity contribution >= 4 is 23.5 Å². The van der Waals surface area contributed by atoms with Crippen molar-refractivity contribution in [2.75, 3.05) is 17.2 Å². The molecule has 2 rings (SSSR count). The van der Waals surface area contributed by atoms with Crippen molar-refractivity contribution in [2.45, 2.75) is 19.4 Å². The minimum absolute atomic E-state index is 0.0925. The van der Waals surface area contributed by atoms with Crippen molar-refractivity contribution in [3.63, 3.8) is 0 Å². The standard InChI is InChI=1S/C11H14N4O2/c1-11(2)10(17)14-9(16)6-15(11)8-5-3-4-7(12)13-8/h3-5H,6H2,1-2H3,(H2,12,13)(H,14,16,17). The minimum atomic E-state index is -0.825. The van der Waals surface area contributed by atoms with Gasteiger partial charge in [0.2, 0.25) is 5.91 Å². The van der Waals surface area contributed by atoms with Gasteiger partial charge in [-0.05, 0) is 26.0 Å². The zero-order valence-electron chi connectivity index (χ0n) is 9.73. The number of carbonyl (C=O) groups is 2. The van der Waals surface area contributed by atoms with Crippen LogP contribution in [0.2, 0.25) is 0 Å². The van der Waals surface area contributed by atoms with E-state index in [2.05, 4.69) is 10.3 Å². The first kappa shape index (κ1) is 11.4. The number of hydrogen-bond donors (Lipinski definition) is 2. The zero-order valence-corrected chi connectivity index (χ0v) is 9.73. The maximum absolute atomic E-state index is 11.8. The second-order valence-corrected chi connectivity index (χ2v) is 4.44. The van der Waals surface area contributed by atoms with E-state index in [1.807, 2.05) is 0 Å². The summed E-state index contributed by atoms with van der Waals surface area (Å²) in [5.74, 6) is 0.214. The Morgan fingerprint density at radius 3 is 2.76 bits per heavy atom. The van der Waals surface area contributed by atoms with Gasteiger partial charge < -0.3 is 10.6 Å². The van der Waals surface area contributed by atoms with Crippen LogP contribution in [0.1, 0.15) is 13.8 Å². The van der Waals surface area contributed by atoms with Crippen LogP contribution in [-0.2, 0) is 9.59 Å². The number of aromatic nitrogens is 1. The summed E-state index contributed by atoms with van der Waals surface area (Å²) in [4.78, 5) is 28.9. The average Bonchev–Trinajstić information content (AvgIpc) is 2.24. The molecule has 1 aliphatic heterocycles. The third-order valence-corrected chi connectivity index (χ3v) is 2.82. The summed E-state index contributed by atoms with van der Waals surface area (Å²) >= 11 is 0. The third-order valence-electron chi connectivity index (χ3n) is 2.82. The Balaban J connectivity index is 2.42. The number of anilines is 2. The molecular weight excluding hydrogens is 220 g/mol. The molecule has 3 N–H and O–H groups in total. The minimum Gasteiger partial charge on any atom is -0.384 e. The van der Waals surface area contributed by atoms with Gasteiger partial charge in [0.1, 0.15) is 17.2 Å². The summed E-state index contributed by atoms with van der Waals surface area (Å²) in [6.07, 6.45) is 0. The van der Waals surface area contributed by atoms with E-state index in [-0.39, 0.29) is 18.4 Å². The number of piperazine rings is 1. The van der Waals surface area contributed by atoms with E-state index in [1.165, 1.54) is 0 Å². The molecule has 0 aliphatic carbocycles. The largest absolute Gasteiger partial charge is 0.384 e. The second-order valence-electron chi connectivity index (χ2n) is 4.44. The van der Waals surface area contributed by atoms with Crippen molar-refractivity contribution in [3.8, 4) is 0 Å². The molecule has 6 nitrogen and oxygen atoms in total. The van der Waals surface area contributed by atoms with E-state index in [1.54, 1.807) is 36.9 Å². The van der Waals surface area contributed by atoms with Crippen molar-refractivity contribution in [1.29, 1.82) is 0 Å². The van der Waals surface area contributed by atoms with Crippen molar-refractivity contribution in [1.82, 2.24) is 10.3 Å². The molecule has 6 heteroatoms. The quantitative estimate of drug-likeness (QED) is 0.663. The molecule has 0 aromatic carbocycles. The molecule has 1 aliphatic rings. The molecule has 1 aromatic heterocycles. The van der Waals surface area contributed by atoms with Crippen molar-refractivity contribution in [3.05, 3.63) is 18.2 Å². The molecule has 0 saturated carbocycles. The topological polar surface area (TPSA) is 88.3 Å². The summed E-state index contributed by atoms with van der Waals surface area (Å²) < 4.78 is 0. The lowest BCUT2D eigenvalue weighted by molar-refractivity contribution is -0.135. The molecule has 2 heterocycles. The number of carbonyl (C=O) groups excluding carboxylic acids is 2. The van der Waals surface area contributed by atoms with Gasteiger partial charge in [-0.1, -0.05) is 6.07 Å². The van der Waals surface area contributed by atoms with Crippen LogP contribution in [0.25, 0.3) is 0 Å². The first-order chi connectivity index (χ1) is 7.91. The van der Waals surface area contributed by atoms with E-state index >= 15 is 0 Å². The number of nitrogen functional groups attached to an aromatic ring is 1. The van der Waals surface area contributed by atoms with Gasteiger partial charge in [-0.3, -0.25) is 14.9 Å². The van der Waals surface area contributed by atoms with Crippen LogP contribution in [0.5, 0.6) is 0 Å². The van der Waals surface area contributed by atoms with Crippen LogP contribution >= 0.6 is 0 Å². The van der Waals surface area contributed by atoms with Crippen LogP contribution in [0.3, 0.4) is 0 Å². The summed E-state index contributed by atoms with van der Waals surface area (Å²) in [7, 11) is 0. The van der Waals surface area contributed by atoms with E-state index in [0.29, 0.717) is 11.6 Å². The SMILES string of the molecule is CC1(C)C(=O)NC(=O)CN1c1cccc(N)n1. The fraction of sp³-hybridized carbons (Fsp3) is 0.364. The van der Waals surface area contributed by atoms with Crippen LogP contribution in [0.15, 0.2) is 18.2 Å². The van der Waals surface area contributed by atoms with Gasteiger partial charge in [-0.2, -0.15) is 0 Å². The maximum atomic E-state index is 11.8. The number of nitrogens with one attached hydrogen (secondary N) is 1. The van der Waals surface area contributed by atoms with Gasteiger partial charge >= 0.3 is 0 Å². The Bertz CT molecular complexity index is 484. The number of amides is 2. The Kier molecular flexibility index (Phi) is 2.49. The first-order valence-electron chi connectivity index (χ1n) is 5.26. The molecule has 1 aromatic rings. The van der Waals surface area contributed by atoms with Crippen LogP contribution in [-0.4, -0.2) is 28.9 Å². The van der Waals surface area contributed by atoms with Crippen molar-refractivity contribution < 1.29 is 9.59 Å². The van der Waals surface area contributed by atoms with Gasteiger partial charge in [0.05, 0.1) is 6.54 Å². The molecule has 90 valence electrons. The Hall–Kier alpha value is -2.11. The number of nitrogens with zero attached hydrogens (tertiary/aromatic N) is 2. The fourth-order valence-electron chi connectivity index (χ4n) is 1.74. The summed E-state index contributed by atoms with van der Waals surface area (Å²) in [5, 5.41) is 2.31. The van der Waals surface area contributed by atoms with Gasteiger partial charge in [-0.15, -0.1) is 0 Å². The molecule has 1 saturated heterocycles. The number of hydrogen-bond acceptors (Lipinski definition) is 5. The van der Waals surface area contributed by atoms with Crippen LogP contribution < -0.4 is 16.0 Å². The molecule has 0 bridgehead atoms. The second kappa shape index (κ2) is 3.73. The molecule has 17 heavy (non-hydrogen) atoms. The highest BCUT2D eigenvalue weighted by Gasteiger charge is 2.41. The molecule has 2 amide bonds. The summed E-state index contributed by atoms with van der Waals surface area (Å²) in [6.45, 7) is 3.56. The number of rotatable bonds is 1. The first-order valence-corrected chi connectivity index (χ1v) is 5.26. The summed E-state index contributed by atoms with van der Waals surface area (Å²) in [5.41, 5.74) is 4.78. The monoisotopic (exact) mass is 234 g/mol. The predicted octanol–water partition coefficient (Wildman–Crippen LogP) is -0.0948. The van der Waals surface area contributed by atoms with Crippen LogP contribution in [0.4, 0.5) is 11.6 Å². The van der Waals surface area contributed by atoms with E-state index < -0.39 is 5.54 Å². The van der Waals surface area contributed by atoms with Gasteiger partial charge in [-0.25, -0.2) is 4.98 Å². The fourth-order valence-corrected chi connectivity index (χ4v) is 1.74. The van der Waals surface area contributed by atoms with Gasteiger partial charge in [0.15, 0.2) is 0 Å². The Labute approximate surface area is 98.8 Å². The lowest BCUT2D eigenvalue weighted by atomic mass is 9.99. The number of imide groups is 1. The molecule has 0 unspecified atom stereocenters. The Morgan fingerprint density at radius 2 is 2.12 bits per heavy atom. The Morgan fingerprint density at radius 1 is 1.41 bits per heavy atom. The van der Waals surface area contributed by atoms with Gasteiger partial charge in [0.25, 0.3) is 5.91 Å². The lowest BCUT2D eigenvalue weighted by Gasteiger charge is -2.40. The van der Waals surface area contributed by atoms with E-state index in [9.17, 15) is 9.59 Å². The number of nitrogens with two attached hydrogens (primary N) is 1. The molecule has 0 spiro atoms. The maximum Gasteiger partial charge on any atom is 0.251 e. The van der Waals surface area contributed by atoms with Gasteiger partial charge in [0, 0.05) is 0 Å². The number of pyridine rings is 1. The average molecular weight is 234 g/mol. The highest BCUT2D eigenvalue weighted by atomic mass is 16.2. The molecule has 1 fully saturated rings. The van der Waals surface area contributed by atoms with Crippen molar-refractivity contribution in [2.24, 2.45) is 0 Å². The summed E-state index contributed by atoms with van der Waals surface area (Å²) in [6, 6.07) is 5.12. The molecule has 0 radical (unpaired) electrons. The smallest absolute Gasteiger partial charge is 0.251 e. The highest BCUT2D eigenvalue weighted by molar-refractivity contribution is 6.06. The van der Waals surface area contributed by atoms with E-state index in [4.69, 9.17) is 5.73 Å². The van der Waals surface area contributed by atoms with Crippen LogP contribution in [0, 0.1) is 0 Å². The molecule has 0 atom stereocenters. The highest BCUT2D eigenvalue weighted by Crippen LogP contribution is 2.25. The zero-order chi connectivity index (χ0) is 12.6. The van der Waals surface area contributed by atoms with E-state index in [0.717, 1.165) is 0 Å². The normalized spacial score (nSPS) is 19.1. The molecular formula is C11H14N4O2.